The summed E-state index contributed by atoms with van der Waals surface area (Å²) < 4.78 is 26.2. The van der Waals surface area contributed by atoms with Crippen molar-refractivity contribution in [2.45, 2.75) is 39.3 Å². The maximum Gasteiger partial charge on any atom is 0.262 e. The van der Waals surface area contributed by atoms with Crippen molar-refractivity contribution in [2.24, 2.45) is 5.92 Å². The topological polar surface area (TPSA) is 86.3 Å². The third kappa shape index (κ3) is 2.90. The van der Waals surface area contributed by atoms with E-state index in [1.807, 2.05) is 13.8 Å². The zero-order valence-electron chi connectivity index (χ0n) is 11.3. The summed E-state index contributed by atoms with van der Waals surface area (Å²) in [6.07, 6.45) is 0. The Balaban J connectivity index is 3.19. The first kappa shape index (κ1) is 15.1. The van der Waals surface area contributed by atoms with Crippen LogP contribution < -0.4 is 0 Å². The highest BCUT2D eigenvalue weighted by atomic mass is 32.2. The maximum atomic E-state index is 12.4. The molecule has 0 saturated heterocycles. The highest BCUT2D eigenvalue weighted by Crippen LogP contribution is 2.21. The minimum atomic E-state index is -3.64. The molecular formula is C11H21N3O3S. The Hall–Kier alpha value is -0.920. The number of nitrogens with zero attached hydrogens (tertiary/aromatic N) is 2. The Kier molecular flexibility index (Phi) is 4.89. The molecule has 0 radical (unpaired) electrons. The van der Waals surface area contributed by atoms with Crippen LogP contribution in [-0.2, 0) is 16.6 Å². The third-order valence-electron chi connectivity index (χ3n) is 2.70. The van der Waals surface area contributed by atoms with Crippen LogP contribution in [0.2, 0.25) is 0 Å². The van der Waals surface area contributed by atoms with E-state index in [4.69, 9.17) is 0 Å². The fourth-order valence-electron chi connectivity index (χ4n) is 1.76. The lowest BCUT2D eigenvalue weighted by Gasteiger charge is -2.21. The van der Waals surface area contributed by atoms with E-state index in [-0.39, 0.29) is 17.6 Å². The van der Waals surface area contributed by atoms with Crippen LogP contribution in [0.1, 0.15) is 32.0 Å². The van der Waals surface area contributed by atoms with Crippen molar-refractivity contribution in [3.05, 3.63) is 11.3 Å². The normalized spacial score (nSPS) is 12.6. The molecule has 1 aromatic heterocycles. The number of aromatic nitrogens is 2. The molecule has 0 atom stereocenters. The summed E-state index contributed by atoms with van der Waals surface area (Å²) in [5, 5.41) is 15.6. The van der Waals surface area contributed by atoms with E-state index in [9.17, 15) is 13.5 Å². The summed E-state index contributed by atoms with van der Waals surface area (Å²) in [4.78, 5) is 0. The number of aliphatic hydroxyl groups excluding tert-OH is 1. The summed E-state index contributed by atoms with van der Waals surface area (Å²) in [7, 11) is -3.64. The molecule has 0 unspecified atom stereocenters. The molecule has 0 aliphatic heterocycles. The Morgan fingerprint density at radius 2 is 2.06 bits per heavy atom. The van der Waals surface area contributed by atoms with Gasteiger partial charge in [-0.1, -0.05) is 20.8 Å². The molecule has 18 heavy (non-hydrogen) atoms. The molecule has 0 spiro atoms. The zero-order chi connectivity index (χ0) is 13.9. The number of aliphatic hydroxyl groups is 1. The van der Waals surface area contributed by atoms with Crippen LogP contribution in [0.3, 0.4) is 0 Å². The molecule has 1 aromatic rings. The lowest BCUT2D eigenvalue weighted by atomic mass is 10.2. The van der Waals surface area contributed by atoms with E-state index < -0.39 is 10.0 Å². The number of sulfonamides is 1. The van der Waals surface area contributed by atoms with Gasteiger partial charge in [0.05, 0.1) is 6.61 Å². The molecule has 0 aromatic carbocycles. The second-order valence-electron chi connectivity index (χ2n) is 4.64. The Bertz CT molecular complexity index is 494. The smallest absolute Gasteiger partial charge is 0.262 e. The molecule has 0 fully saturated rings. The monoisotopic (exact) mass is 275 g/mol. The maximum absolute atomic E-state index is 12.4. The first-order valence-corrected chi connectivity index (χ1v) is 7.43. The van der Waals surface area contributed by atoms with Gasteiger partial charge in [0, 0.05) is 24.3 Å². The van der Waals surface area contributed by atoms with Gasteiger partial charge in [0.25, 0.3) is 10.0 Å². The van der Waals surface area contributed by atoms with Crippen LogP contribution in [0.25, 0.3) is 0 Å². The summed E-state index contributed by atoms with van der Waals surface area (Å²) in [6, 6.07) is 0. The molecule has 0 bridgehead atoms. The minimum Gasteiger partial charge on any atom is -0.392 e. The second kappa shape index (κ2) is 5.81. The van der Waals surface area contributed by atoms with E-state index in [2.05, 4.69) is 10.2 Å². The van der Waals surface area contributed by atoms with Gasteiger partial charge in [-0.25, -0.2) is 8.42 Å². The first-order valence-electron chi connectivity index (χ1n) is 5.99. The van der Waals surface area contributed by atoms with Gasteiger partial charge in [-0.15, -0.1) is 0 Å². The van der Waals surface area contributed by atoms with Gasteiger partial charge < -0.3 is 5.11 Å². The van der Waals surface area contributed by atoms with Crippen molar-refractivity contribution < 1.29 is 13.5 Å². The van der Waals surface area contributed by atoms with Crippen LogP contribution in [0.4, 0.5) is 0 Å². The van der Waals surface area contributed by atoms with E-state index in [0.29, 0.717) is 24.3 Å². The standard InChI is InChI=1S/C11H21N3O3S/c1-5-14(6-8(2)3)18(16,17)11-10(7-15)9(4)12-13-11/h8,15H,5-7H2,1-4H3,(H,12,13). The van der Waals surface area contributed by atoms with E-state index >= 15 is 0 Å². The number of rotatable bonds is 6. The predicted octanol–water partition coefficient (Wildman–Crippen LogP) is 0.877. The third-order valence-corrected chi connectivity index (χ3v) is 4.61. The van der Waals surface area contributed by atoms with E-state index in [1.54, 1.807) is 13.8 Å². The van der Waals surface area contributed by atoms with Crippen molar-refractivity contribution in [1.82, 2.24) is 14.5 Å². The number of aromatic amines is 1. The van der Waals surface area contributed by atoms with Gasteiger partial charge in [-0.3, -0.25) is 5.10 Å². The second-order valence-corrected chi connectivity index (χ2v) is 6.49. The molecule has 0 saturated carbocycles. The minimum absolute atomic E-state index is 0.0648. The Morgan fingerprint density at radius 3 is 2.50 bits per heavy atom. The molecule has 0 aliphatic rings. The summed E-state index contributed by atoms with van der Waals surface area (Å²) in [5.74, 6) is 0.234. The van der Waals surface area contributed by atoms with Crippen molar-refractivity contribution in [2.75, 3.05) is 13.1 Å². The van der Waals surface area contributed by atoms with Crippen LogP contribution in [-0.4, -0.2) is 41.1 Å². The molecule has 7 heteroatoms. The van der Waals surface area contributed by atoms with Gasteiger partial charge in [-0.2, -0.15) is 9.40 Å². The first-order chi connectivity index (χ1) is 8.34. The fraction of sp³-hybridized carbons (Fsp3) is 0.727. The van der Waals surface area contributed by atoms with Crippen molar-refractivity contribution in [1.29, 1.82) is 0 Å². The van der Waals surface area contributed by atoms with Gasteiger partial charge in [0.15, 0.2) is 5.03 Å². The molecule has 0 aliphatic carbocycles. The van der Waals surface area contributed by atoms with Crippen molar-refractivity contribution in [3.63, 3.8) is 0 Å². The van der Waals surface area contributed by atoms with Gasteiger partial charge in [0.2, 0.25) is 0 Å². The quantitative estimate of drug-likeness (QED) is 0.807. The molecule has 1 rings (SSSR count). The highest BCUT2D eigenvalue weighted by Gasteiger charge is 2.29. The average molecular weight is 275 g/mol. The molecule has 2 N–H and O–H groups in total. The fourth-order valence-corrected chi connectivity index (χ4v) is 3.53. The van der Waals surface area contributed by atoms with Crippen LogP contribution in [0.5, 0.6) is 0 Å². The summed E-state index contributed by atoms with van der Waals surface area (Å²) >= 11 is 0. The van der Waals surface area contributed by atoms with Crippen LogP contribution in [0, 0.1) is 12.8 Å². The molecule has 104 valence electrons. The molecule has 0 amide bonds. The zero-order valence-corrected chi connectivity index (χ0v) is 12.1. The van der Waals surface area contributed by atoms with E-state index in [1.165, 1.54) is 4.31 Å². The summed E-state index contributed by atoms with van der Waals surface area (Å²) in [6.45, 7) is 7.89. The van der Waals surface area contributed by atoms with Crippen molar-refractivity contribution in [3.8, 4) is 0 Å². The molecule has 1 heterocycles. The van der Waals surface area contributed by atoms with Crippen LogP contribution >= 0.6 is 0 Å². The number of nitrogens with one attached hydrogen (secondary N) is 1. The number of hydrogen-bond acceptors (Lipinski definition) is 4. The van der Waals surface area contributed by atoms with Crippen molar-refractivity contribution >= 4 is 10.0 Å². The van der Waals surface area contributed by atoms with Gasteiger partial charge >= 0.3 is 0 Å². The largest absolute Gasteiger partial charge is 0.392 e. The van der Waals surface area contributed by atoms with E-state index in [0.717, 1.165) is 0 Å². The Labute approximate surface area is 108 Å². The van der Waals surface area contributed by atoms with Crippen LogP contribution in [0.15, 0.2) is 5.03 Å². The summed E-state index contributed by atoms with van der Waals surface area (Å²) in [5.41, 5.74) is 0.925. The molecule has 6 nitrogen and oxygen atoms in total. The Morgan fingerprint density at radius 1 is 1.44 bits per heavy atom. The number of hydrogen-bond donors (Lipinski definition) is 2. The highest BCUT2D eigenvalue weighted by molar-refractivity contribution is 7.89. The number of aryl methyl sites for hydroxylation is 1. The SMILES string of the molecule is CCN(CC(C)C)S(=O)(=O)c1n[nH]c(C)c1CO. The lowest BCUT2D eigenvalue weighted by Crippen LogP contribution is -2.34. The van der Waals surface area contributed by atoms with Gasteiger partial charge in [-0.05, 0) is 12.8 Å². The lowest BCUT2D eigenvalue weighted by molar-refractivity contribution is 0.277. The molecular weight excluding hydrogens is 254 g/mol. The van der Waals surface area contributed by atoms with Gasteiger partial charge in [0.1, 0.15) is 0 Å². The number of H-pyrrole nitrogens is 1. The predicted molar refractivity (Wildman–Crippen MR) is 68.5 cm³/mol. The average Bonchev–Trinajstić information content (AvgIpc) is 2.67.